The first-order valence-electron chi connectivity index (χ1n) is 6.88. The van der Waals surface area contributed by atoms with Crippen LogP contribution in [0.3, 0.4) is 0 Å². The van der Waals surface area contributed by atoms with E-state index in [1.165, 1.54) is 31.2 Å². The number of aryl methyl sites for hydroxylation is 1. The van der Waals surface area contributed by atoms with Gasteiger partial charge in [0.25, 0.3) is 5.91 Å². The molecule has 1 atom stereocenters. The number of nitrogens with zero attached hydrogens (tertiary/aromatic N) is 1. The van der Waals surface area contributed by atoms with Crippen molar-refractivity contribution in [2.75, 3.05) is 5.32 Å². The summed E-state index contributed by atoms with van der Waals surface area (Å²) in [7, 11) is 0. The normalized spacial score (nSPS) is 11.7. The molecular formula is C16H13Cl2FN2O3. The molecule has 0 aliphatic carbocycles. The quantitative estimate of drug-likeness (QED) is 0.651. The topological polar surface area (TPSA) is 68.3 Å². The maximum Gasteiger partial charge on any atom is 0.359 e. The Morgan fingerprint density at radius 2 is 1.96 bits per heavy atom. The summed E-state index contributed by atoms with van der Waals surface area (Å²) in [4.78, 5) is 27.8. The molecule has 2 aromatic rings. The number of esters is 1. The lowest BCUT2D eigenvalue weighted by Gasteiger charge is -2.14. The average molecular weight is 371 g/mol. The molecule has 8 heteroatoms. The highest BCUT2D eigenvalue weighted by atomic mass is 35.5. The monoisotopic (exact) mass is 370 g/mol. The summed E-state index contributed by atoms with van der Waals surface area (Å²) in [6.07, 6.45) is -1.14. The van der Waals surface area contributed by atoms with Gasteiger partial charge in [0.15, 0.2) is 11.8 Å². The second-order valence-corrected chi connectivity index (χ2v) is 5.76. The summed E-state index contributed by atoms with van der Waals surface area (Å²) in [6, 6.07) is 7.06. The molecule has 1 amide bonds. The molecular weight excluding hydrogens is 358 g/mol. The summed E-state index contributed by atoms with van der Waals surface area (Å²) in [6.45, 7) is 2.98. The van der Waals surface area contributed by atoms with Gasteiger partial charge < -0.3 is 10.1 Å². The third-order valence-corrected chi connectivity index (χ3v) is 3.61. The third kappa shape index (κ3) is 4.43. The number of nitrogens with one attached hydrogen (secondary N) is 1. The summed E-state index contributed by atoms with van der Waals surface area (Å²) in [5.74, 6) is -1.96. The molecule has 1 heterocycles. The molecule has 2 rings (SSSR count). The van der Waals surface area contributed by atoms with Crippen LogP contribution in [0.1, 0.15) is 23.0 Å². The number of hydrogen-bond acceptors (Lipinski definition) is 4. The van der Waals surface area contributed by atoms with Crippen molar-refractivity contribution in [1.29, 1.82) is 0 Å². The van der Waals surface area contributed by atoms with E-state index in [1.54, 1.807) is 13.0 Å². The van der Waals surface area contributed by atoms with Crippen LogP contribution >= 0.6 is 23.2 Å². The Kier molecular flexibility index (Phi) is 5.75. The highest BCUT2D eigenvalue weighted by Crippen LogP contribution is 2.19. The summed E-state index contributed by atoms with van der Waals surface area (Å²) in [5.41, 5.74) is 0.518. The average Bonchev–Trinajstić information content (AvgIpc) is 2.53. The number of carbonyl (C=O) groups is 2. The maximum absolute atomic E-state index is 13.5. The molecule has 0 aliphatic heterocycles. The molecule has 1 N–H and O–H groups in total. The van der Waals surface area contributed by atoms with Crippen molar-refractivity contribution in [3.8, 4) is 0 Å². The van der Waals surface area contributed by atoms with E-state index in [9.17, 15) is 14.0 Å². The fourth-order valence-corrected chi connectivity index (χ4v) is 2.08. The van der Waals surface area contributed by atoms with E-state index in [1.807, 2.05) is 0 Å². The van der Waals surface area contributed by atoms with Gasteiger partial charge in [-0.1, -0.05) is 29.3 Å². The molecule has 0 bridgehead atoms. The van der Waals surface area contributed by atoms with E-state index < -0.39 is 23.8 Å². The first-order valence-corrected chi connectivity index (χ1v) is 7.63. The number of hydrogen-bond donors (Lipinski definition) is 1. The van der Waals surface area contributed by atoms with Gasteiger partial charge in [-0.15, -0.1) is 0 Å². The lowest BCUT2D eigenvalue weighted by atomic mass is 10.2. The lowest BCUT2D eigenvalue weighted by molar-refractivity contribution is -0.123. The minimum Gasteiger partial charge on any atom is -0.448 e. The van der Waals surface area contributed by atoms with Crippen LogP contribution in [0.5, 0.6) is 0 Å². The molecule has 24 heavy (non-hydrogen) atoms. The SMILES string of the molecule is Cc1ccc(NC(=O)C(C)OC(=O)c2nc(Cl)ccc2Cl)cc1F. The molecule has 126 valence electrons. The van der Waals surface area contributed by atoms with Crippen molar-refractivity contribution in [2.24, 2.45) is 0 Å². The van der Waals surface area contributed by atoms with Gasteiger partial charge in [0, 0.05) is 5.69 Å². The second kappa shape index (κ2) is 7.59. The Hall–Kier alpha value is -2.18. The zero-order valence-electron chi connectivity index (χ0n) is 12.8. The van der Waals surface area contributed by atoms with Gasteiger partial charge in [-0.3, -0.25) is 4.79 Å². The molecule has 0 saturated heterocycles. The van der Waals surface area contributed by atoms with Gasteiger partial charge in [-0.05, 0) is 43.7 Å². The van der Waals surface area contributed by atoms with Crippen molar-refractivity contribution in [1.82, 2.24) is 4.98 Å². The van der Waals surface area contributed by atoms with Gasteiger partial charge in [-0.25, -0.2) is 14.2 Å². The van der Waals surface area contributed by atoms with Gasteiger partial charge in [-0.2, -0.15) is 0 Å². The molecule has 0 fully saturated rings. The predicted molar refractivity (Wildman–Crippen MR) is 88.9 cm³/mol. The predicted octanol–water partition coefficient (Wildman–Crippen LogP) is 4.02. The van der Waals surface area contributed by atoms with Gasteiger partial charge >= 0.3 is 5.97 Å². The third-order valence-electron chi connectivity index (χ3n) is 3.10. The summed E-state index contributed by atoms with van der Waals surface area (Å²) < 4.78 is 18.5. The standard InChI is InChI=1S/C16H13Cl2FN2O3/c1-8-3-4-10(7-12(8)19)20-15(22)9(2)24-16(23)14-11(17)5-6-13(18)21-14/h3-7,9H,1-2H3,(H,20,22). The van der Waals surface area contributed by atoms with Crippen LogP contribution in [0.4, 0.5) is 10.1 Å². The Bertz CT molecular complexity index is 799. The first kappa shape index (κ1) is 18.2. The molecule has 1 aromatic carbocycles. The molecule has 0 spiro atoms. The Balaban J connectivity index is 2.04. The number of rotatable bonds is 4. The molecule has 0 aliphatic rings. The largest absolute Gasteiger partial charge is 0.448 e. The molecule has 1 aromatic heterocycles. The number of amides is 1. The first-order chi connectivity index (χ1) is 11.3. The van der Waals surface area contributed by atoms with Crippen LogP contribution in [-0.2, 0) is 9.53 Å². The zero-order valence-corrected chi connectivity index (χ0v) is 14.3. The molecule has 5 nitrogen and oxygen atoms in total. The van der Waals surface area contributed by atoms with Crippen molar-refractivity contribution in [3.05, 3.63) is 57.6 Å². The van der Waals surface area contributed by atoms with Crippen LogP contribution in [0.25, 0.3) is 0 Å². The fourth-order valence-electron chi connectivity index (χ4n) is 1.75. The number of carbonyl (C=O) groups excluding carboxylic acids is 2. The van der Waals surface area contributed by atoms with Gasteiger partial charge in [0.2, 0.25) is 0 Å². The summed E-state index contributed by atoms with van der Waals surface area (Å²) >= 11 is 11.6. The molecule has 0 radical (unpaired) electrons. The van der Waals surface area contributed by atoms with Gasteiger partial charge in [0.05, 0.1) is 5.02 Å². The number of benzene rings is 1. The second-order valence-electron chi connectivity index (χ2n) is 4.97. The van der Waals surface area contributed by atoms with E-state index in [-0.39, 0.29) is 21.6 Å². The minimum atomic E-state index is -1.14. The Labute approximate surface area is 147 Å². The minimum absolute atomic E-state index is 0.0533. The highest BCUT2D eigenvalue weighted by Gasteiger charge is 2.22. The van der Waals surface area contributed by atoms with Crippen LogP contribution in [0.2, 0.25) is 10.2 Å². The Morgan fingerprint density at radius 3 is 2.62 bits per heavy atom. The van der Waals surface area contributed by atoms with Crippen LogP contribution < -0.4 is 5.32 Å². The smallest absolute Gasteiger partial charge is 0.359 e. The van der Waals surface area contributed by atoms with E-state index in [2.05, 4.69) is 10.3 Å². The summed E-state index contributed by atoms with van der Waals surface area (Å²) in [5, 5.41) is 2.58. The lowest BCUT2D eigenvalue weighted by Crippen LogP contribution is -2.30. The van der Waals surface area contributed by atoms with Gasteiger partial charge in [0.1, 0.15) is 11.0 Å². The number of ether oxygens (including phenoxy) is 1. The van der Waals surface area contributed by atoms with Crippen molar-refractivity contribution < 1.29 is 18.7 Å². The van der Waals surface area contributed by atoms with Crippen molar-refractivity contribution in [3.63, 3.8) is 0 Å². The number of aromatic nitrogens is 1. The highest BCUT2D eigenvalue weighted by molar-refractivity contribution is 6.34. The number of pyridine rings is 1. The number of halogens is 3. The number of anilines is 1. The van der Waals surface area contributed by atoms with E-state index in [0.29, 0.717) is 5.56 Å². The molecule has 1 unspecified atom stereocenters. The van der Waals surface area contributed by atoms with E-state index in [0.717, 1.165) is 0 Å². The maximum atomic E-state index is 13.5. The zero-order chi connectivity index (χ0) is 17.9. The van der Waals surface area contributed by atoms with Crippen LogP contribution in [-0.4, -0.2) is 23.0 Å². The van der Waals surface area contributed by atoms with E-state index >= 15 is 0 Å². The molecule has 0 saturated carbocycles. The van der Waals surface area contributed by atoms with Crippen molar-refractivity contribution >= 4 is 40.8 Å². The van der Waals surface area contributed by atoms with E-state index in [4.69, 9.17) is 27.9 Å². The van der Waals surface area contributed by atoms with Crippen molar-refractivity contribution in [2.45, 2.75) is 20.0 Å². The Morgan fingerprint density at radius 1 is 1.25 bits per heavy atom. The fraction of sp³-hybridized carbons (Fsp3) is 0.188. The van der Waals surface area contributed by atoms with Crippen LogP contribution in [0, 0.1) is 12.7 Å². The van der Waals surface area contributed by atoms with Crippen LogP contribution in [0.15, 0.2) is 30.3 Å².